The molecule has 4 aromatic rings. The van der Waals surface area contributed by atoms with E-state index in [9.17, 15) is 9.59 Å². The highest BCUT2D eigenvalue weighted by molar-refractivity contribution is 6.06. The highest BCUT2D eigenvalue weighted by Crippen LogP contribution is 2.32. The van der Waals surface area contributed by atoms with E-state index in [2.05, 4.69) is 10.2 Å². The number of pyridine rings is 1. The number of nitrogens with zero attached hydrogens (tertiary/aromatic N) is 2. The molecule has 1 aliphatic rings. The fourth-order valence-corrected chi connectivity index (χ4v) is 4.74. The van der Waals surface area contributed by atoms with Gasteiger partial charge in [-0.3, -0.25) is 9.78 Å². The Hall–Kier alpha value is -4.23. The second-order valence-corrected chi connectivity index (χ2v) is 9.31. The summed E-state index contributed by atoms with van der Waals surface area (Å²) in [5.74, 6) is -0.493. The third-order valence-electron chi connectivity index (χ3n) is 6.62. The molecule has 2 heterocycles. The van der Waals surface area contributed by atoms with Gasteiger partial charge in [0, 0.05) is 41.7 Å². The Morgan fingerprint density at radius 3 is 2.57 bits per heavy atom. The van der Waals surface area contributed by atoms with Crippen molar-refractivity contribution in [3.8, 4) is 5.75 Å². The Morgan fingerprint density at radius 1 is 1.03 bits per heavy atom. The number of nitrogens with one attached hydrogen (secondary N) is 1. The van der Waals surface area contributed by atoms with E-state index in [-0.39, 0.29) is 0 Å². The third-order valence-corrected chi connectivity index (χ3v) is 6.62. The van der Waals surface area contributed by atoms with Crippen LogP contribution in [0.3, 0.4) is 0 Å². The summed E-state index contributed by atoms with van der Waals surface area (Å²) in [6.45, 7) is 3.37. The van der Waals surface area contributed by atoms with Crippen molar-refractivity contribution in [3.05, 3.63) is 101 Å². The van der Waals surface area contributed by atoms with Gasteiger partial charge in [0.05, 0.1) is 23.9 Å². The molecular formula is C30H29N3O4. The first-order chi connectivity index (χ1) is 17.9. The van der Waals surface area contributed by atoms with Crippen molar-refractivity contribution in [1.29, 1.82) is 0 Å². The Labute approximate surface area is 216 Å². The van der Waals surface area contributed by atoms with E-state index in [4.69, 9.17) is 14.5 Å². The molecule has 0 bridgehead atoms. The van der Waals surface area contributed by atoms with Crippen molar-refractivity contribution in [2.24, 2.45) is 0 Å². The van der Waals surface area contributed by atoms with E-state index in [0.29, 0.717) is 34.5 Å². The quantitative estimate of drug-likeness (QED) is 0.376. The second-order valence-electron chi connectivity index (χ2n) is 9.31. The van der Waals surface area contributed by atoms with Crippen LogP contribution >= 0.6 is 0 Å². The number of anilines is 1. The van der Waals surface area contributed by atoms with Crippen LogP contribution in [0.5, 0.6) is 5.75 Å². The highest BCUT2D eigenvalue weighted by atomic mass is 16.5. The zero-order valence-corrected chi connectivity index (χ0v) is 21.2. The first kappa shape index (κ1) is 24.5. The van der Waals surface area contributed by atoms with Crippen molar-refractivity contribution in [2.45, 2.75) is 26.0 Å². The predicted molar refractivity (Wildman–Crippen MR) is 143 cm³/mol. The van der Waals surface area contributed by atoms with Crippen LogP contribution in [0.15, 0.2) is 72.8 Å². The molecule has 0 saturated heterocycles. The number of fused-ring (bicyclic) bond motifs is 2. The van der Waals surface area contributed by atoms with Crippen molar-refractivity contribution in [1.82, 2.24) is 9.88 Å². The average molecular weight is 496 g/mol. The second kappa shape index (κ2) is 10.4. The standard InChI is InChI=1S/C30H29N3O4/c1-19-13-14-26(36-3)25(17-19)32-29(34)28(20-9-5-4-6-10-20)37-30(35)27-21-11-7-8-12-23(21)31-24-15-16-33(2)18-22(24)27/h4-14,17,28H,15-16,18H2,1-3H3,(H,32,34)/t28-/m0/s1. The molecule has 5 rings (SSSR count). The lowest BCUT2D eigenvalue weighted by molar-refractivity contribution is -0.125. The monoisotopic (exact) mass is 495 g/mol. The number of aromatic nitrogens is 1. The number of carbonyl (C=O) groups excluding carboxylic acids is 2. The smallest absolute Gasteiger partial charge is 0.340 e. The van der Waals surface area contributed by atoms with Gasteiger partial charge in [-0.1, -0.05) is 54.6 Å². The molecule has 1 amide bonds. The number of amides is 1. The zero-order chi connectivity index (χ0) is 25.9. The van der Waals surface area contributed by atoms with Gasteiger partial charge in [0.1, 0.15) is 5.75 Å². The van der Waals surface area contributed by atoms with Crippen LogP contribution in [-0.2, 0) is 22.5 Å². The molecule has 0 radical (unpaired) electrons. The van der Waals surface area contributed by atoms with E-state index in [1.54, 1.807) is 25.3 Å². The molecule has 0 fully saturated rings. The number of hydrogen-bond acceptors (Lipinski definition) is 6. The molecule has 0 saturated carbocycles. The first-order valence-corrected chi connectivity index (χ1v) is 12.2. The van der Waals surface area contributed by atoms with Gasteiger partial charge in [-0.05, 0) is 37.7 Å². The summed E-state index contributed by atoms with van der Waals surface area (Å²) in [6.07, 6.45) is -0.421. The van der Waals surface area contributed by atoms with Crippen molar-refractivity contribution >= 4 is 28.5 Å². The van der Waals surface area contributed by atoms with Crippen molar-refractivity contribution in [3.63, 3.8) is 0 Å². The maximum atomic E-state index is 13.9. The van der Waals surface area contributed by atoms with Crippen LogP contribution < -0.4 is 10.1 Å². The third kappa shape index (κ3) is 5.04. The summed E-state index contributed by atoms with van der Waals surface area (Å²) in [4.78, 5) is 34.5. The zero-order valence-electron chi connectivity index (χ0n) is 21.2. The minimum absolute atomic E-state index is 0.465. The molecule has 1 N–H and O–H groups in total. The molecule has 1 aromatic heterocycles. The van der Waals surface area contributed by atoms with Crippen LogP contribution in [0.2, 0.25) is 0 Å². The Bertz CT molecular complexity index is 1470. The van der Waals surface area contributed by atoms with E-state index < -0.39 is 18.0 Å². The molecule has 7 heteroatoms. The largest absolute Gasteiger partial charge is 0.495 e. The van der Waals surface area contributed by atoms with Gasteiger partial charge in [0.2, 0.25) is 6.10 Å². The number of carbonyl (C=O) groups is 2. The first-order valence-electron chi connectivity index (χ1n) is 12.2. The molecule has 1 aliphatic heterocycles. The van der Waals surface area contributed by atoms with Gasteiger partial charge in [-0.2, -0.15) is 0 Å². The van der Waals surface area contributed by atoms with E-state index in [1.165, 1.54) is 0 Å². The van der Waals surface area contributed by atoms with Crippen LogP contribution in [0.4, 0.5) is 5.69 Å². The Kier molecular flexibility index (Phi) is 6.88. The molecule has 1 atom stereocenters. The van der Waals surface area contributed by atoms with Gasteiger partial charge in [0.15, 0.2) is 0 Å². The minimum Gasteiger partial charge on any atom is -0.495 e. The maximum absolute atomic E-state index is 13.9. The number of hydrogen-bond donors (Lipinski definition) is 1. The maximum Gasteiger partial charge on any atom is 0.340 e. The van der Waals surface area contributed by atoms with E-state index in [0.717, 1.165) is 35.3 Å². The average Bonchev–Trinajstić information content (AvgIpc) is 2.91. The van der Waals surface area contributed by atoms with Gasteiger partial charge in [-0.15, -0.1) is 0 Å². The highest BCUT2D eigenvalue weighted by Gasteiger charge is 2.31. The molecular weight excluding hydrogens is 466 g/mol. The molecule has 188 valence electrons. The van der Waals surface area contributed by atoms with Crippen molar-refractivity contribution in [2.75, 3.05) is 26.0 Å². The number of likely N-dealkylation sites (N-methyl/N-ethyl adjacent to an activating group) is 1. The number of benzene rings is 3. The van der Waals surface area contributed by atoms with Crippen LogP contribution in [-0.4, -0.2) is 42.5 Å². The SMILES string of the molecule is COc1ccc(C)cc1NC(=O)[C@@H](OC(=O)c1c2c(nc3ccccc13)CCN(C)C2)c1ccccc1. The van der Waals surface area contributed by atoms with E-state index >= 15 is 0 Å². The molecule has 3 aromatic carbocycles. The summed E-state index contributed by atoms with van der Waals surface area (Å²) in [5.41, 5.74) is 5.00. The van der Waals surface area contributed by atoms with Gasteiger partial charge in [-0.25, -0.2) is 4.79 Å². The molecule has 0 aliphatic carbocycles. The summed E-state index contributed by atoms with van der Waals surface area (Å²) >= 11 is 0. The topological polar surface area (TPSA) is 80.8 Å². The van der Waals surface area contributed by atoms with Crippen LogP contribution in [0.25, 0.3) is 10.9 Å². The summed E-state index contributed by atoms with van der Waals surface area (Å²) < 4.78 is 11.5. The van der Waals surface area contributed by atoms with Crippen LogP contribution in [0.1, 0.15) is 38.8 Å². The Morgan fingerprint density at radius 2 is 1.78 bits per heavy atom. The summed E-state index contributed by atoms with van der Waals surface area (Å²) in [6, 6.07) is 22.1. The fourth-order valence-electron chi connectivity index (χ4n) is 4.74. The predicted octanol–water partition coefficient (Wildman–Crippen LogP) is 5.08. The fraction of sp³-hybridized carbons (Fsp3) is 0.233. The number of ether oxygens (including phenoxy) is 2. The molecule has 0 spiro atoms. The van der Waals surface area contributed by atoms with E-state index in [1.807, 2.05) is 68.6 Å². The number of esters is 1. The van der Waals surface area contributed by atoms with Crippen molar-refractivity contribution < 1.29 is 19.1 Å². The van der Waals surface area contributed by atoms with Gasteiger partial charge < -0.3 is 19.7 Å². The number of rotatable bonds is 6. The number of aryl methyl sites for hydroxylation is 1. The lowest BCUT2D eigenvalue weighted by atomic mass is 9.96. The molecule has 0 unspecified atom stereocenters. The number of methoxy groups -OCH3 is 1. The summed E-state index contributed by atoms with van der Waals surface area (Å²) in [5, 5.41) is 3.62. The van der Waals surface area contributed by atoms with Crippen LogP contribution in [0, 0.1) is 6.92 Å². The number of para-hydroxylation sites is 1. The lowest BCUT2D eigenvalue weighted by Crippen LogP contribution is -2.31. The normalized spacial score (nSPS) is 14.0. The summed E-state index contributed by atoms with van der Waals surface area (Å²) in [7, 11) is 3.56. The molecule has 7 nitrogen and oxygen atoms in total. The van der Waals surface area contributed by atoms with Gasteiger partial charge in [0.25, 0.3) is 5.91 Å². The molecule has 37 heavy (non-hydrogen) atoms. The lowest BCUT2D eigenvalue weighted by Gasteiger charge is -2.27. The Balaban J connectivity index is 1.54. The van der Waals surface area contributed by atoms with Gasteiger partial charge >= 0.3 is 5.97 Å². The minimum atomic E-state index is -1.16.